The normalized spacial score (nSPS) is 9.87. The molecule has 0 atom stereocenters. The van der Waals surface area contributed by atoms with Crippen LogP contribution in [0.5, 0.6) is 5.75 Å². The lowest BCUT2D eigenvalue weighted by Crippen LogP contribution is -2.04. The molecule has 0 aliphatic rings. The molecule has 4 heteroatoms. The average molecular weight is 273 g/mol. The maximum absolute atomic E-state index is 11.4. The molecule has 0 fully saturated rings. The number of ether oxygens (including phenoxy) is 2. The molecule has 82 valence electrons. The second-order valence-electron chi connectivity index (χ2n) is 3.11. The topological polar surface area (TPSA) is 35.5 Å². The number of benzene rings is 1. The van der Waals surface area contributed by atoms with Crippen LogP contribution in [0.15, 0.2) is 12.1 Å². The zero-order valence-corrected chi connectivity index (χ0v) is 10.6. The number of aryl methyl sites for hydroxylation is 1. The molecule has 0 radical (unpaired) electrons. The van der Waals surface area contributed by atoms with Gasteiger partial charge in [-0.15, -0.1) is 0 Å². The molecule has 0 amide bonds. The number of alkyl halides is 1. The summed E-state index contributed by atoms with van der Waals surface area (Å²) in [7, 11) is 2.99. The highest BCUT2D eigenvalue weighted by atomic mass is 79.9. The SMILES string of the molecule is COC(=O)c1cc(C)c(OC)c(CBr)c1. The standard InChI is InChI=1S/C11H13BrO3/c1-7-4-8(11(13)15-3)5-9(6-12)10(7)14-2/h4-5H,6H2,1-3H3. The van der Waals surface area contributed by atoms with Gasteiger partial charge >= 0.3 is 5.97 Å². The zero-order chi connectivity index (χ0) is 11.4. The van der Waals surface area contributed by atoms with E-state index in [1.54, 1.807) is 19.2 Å². The molecule has 0 heterocycles. The van der Waals surface area contributed by atoms with E-state index in [-0.39, 0.29) is 5.97 Å². The van der Waals surface area contributed by atoms with Crippen molar-refractivity contribution in [2.45, 2.75) is 12.3 Å². The Hall–Kier alpha value is -1.03. The lowest BCUT2D eigenvalue weighted by molar-refractivity contribution is 0.0600. The van der Waals surface area contributed by atoms with Crippen molar-refractivity contribution in [3.63, 3.8) is 0 Å². The minimum absolute atomic E-state index is 0.331. The van der Waals surface area contributed by atoms with Gasteiger partial charge < -0.3 is 9.47 Å². The van der Waals surface area contributed by atoms with Crippen LogP contribution in [0.1, 0.15) is 21.5 Å². The van der Waals surface area contributed by atoms with Crippen molar-refractivity contribution >= 4 is 21.9 Å². The molecule has 1 rings (SSSR count). The van der Waals surface area contributed by atoms with Crippen LogP contribution in [-0.4, -0.2) is 20.2 Å². The number of carbonyl (C=O) groups excluding carboxylic acids is 1. The fourth-order valence-electron chi connectivity index (χ4n) is 1.47. The van der Waals surface area contributed by atoms with Gasteiger partial charge in [0, 0.05) is 10.9 Å². The molecule has 1 aromatic carbocycles. The summed E-state index contributed by atoms with van der Waals surface area (Å²) in [6, 6.07) is 3.53. The monoisotopic (exact) mass is 272 g/mol. The van der Waals surface area contributed by atoms with Crippen LogP contribution in [0.3, 0.4) is 0 Å². The van der Waals surface area contributed by atoms with E-state index in [2.05, 4.69) is 20.7 Å². The Morgan fingerprint density at radius 2 is 2.07 bits per heavy atom. The van der Waals surface area contributed by atoms with Crippen LogP contribution in [0.4, 0.5) is 0 Å². The van der Waals surface area contributed by atoms with E-state index in [9.17, 15) is 4.79 Å². The maximum atomic E-state index is 11.4. The van der Waals surface area contributed by atoms with Crippen molar-refractivity contribution in [1.29, 1.82) is 0 Å². The molecule has 0 unspecified atom stereocenters. The van der Waals surface area contributed by atoms with E-state index < -0.39 is 0 Å². The van der Waals surface area contributed by atoms with Gasteiger partial charge in [0.1, 0.15) is 5.75 Å². The number of rotatable bonds is 3. The van der Waals surface area contributed by atoms with Crippen molar-refractivity contribution < 1.29 is 14.3 Å². The Kier molecular flexibility index (Phi) is 4.15. The van der Waals surface area contributed by atoms with Gasteiger partial charge in [-0.05, 0) is 24.6 Å². The van der Waals surface area contributed by atoms with Crippen molar-refractivity contribution in [1.82, 2.24) is 0 Å². The summed E-state index contributed by atoms with van der Waals surface area (Å²) >= 11 is 3.36. The van der Waals surface area contributed by atoms with E-state index in [1.807, 2.05) is 6.92 Å². The predicted molar refractivity (Wildman–Crippen MR) is 61.7 cm³/mol. The van der Waals surface area contributed by atoms with E-state index in [1.165, 1.54) is 7.11 Å². The Balaban J connectivity index is 3.25. The van der Waals surface area contributed by atoms with E-state index in [4.69, 9.17) is 4.74 Å². The van der Waals surface area contributed by atoms with Gasteiger partial charge in [-0.1, -0.05) is 15.9 Å². The van der Waals surface area contributed by atoms with Crippen LogP contribution in [0.2, 0.25) is 0 Å². The Morgan fingerprint density at radius 1 is 1.40 bits per heavy atom. The summed E-state index contributed by atoms with van der Waals surface area (Å²) in [5, 5.41) is 0.641. The fraction of sp³-hybridized carbons (Fsp3) is 0.364. The first kappa shape index (κ1) is 12.0. The van der Waals surface area contributed by atoms with Gasteiger partial charge in [-0.3, -0.25) is 0 Å². The van der Waals surface area contributed by atoms with Crippen LogP contribution in [-0.2, 0) is 10.1 Å². The zero-order valence-electron chi connectivity index (χ0n) is 8.96. The first-order chi connectivity index (χ1) is 7.13. The van der Waals surface area contributed by atoms with Gasteiger partial charge in [0.15, 0.2) is 0 Å². The number of methoxy groups -OCH3 is 2. The average Bonchev–Trinajstić information content (AvgIpc) is 2.26. The van der Waals surface area contributed by atoms with Gasteiger partial charge in [0.2, 0.25) is 0 Å². The van der Waals surface area contributed by atoms with Crippen molar-refractivity contribution in [2.75, 3.05) is 14.2 Å². The molecule has 0 saturated heterocycles. The van der Waals surface area contributed by atoms with E-state index in [0.29, 0.717) is 10.9 Å². The first-order valence-corrected chi connectivity index (χ1v) is 5.58. The molecule has 0 aliphatic heterocycles. The highest BCUT2D eigenvalue weighted by molar-refractivity contribution is 9.08. The summed E-state index contributed by atoms with van der Waals surface area (Å²) in [5.41, 5.74) is 2.41. The predicted octanol–water partition coefficient (Wildman–Crippen LogP) is 2.69. The molecular formula is C11H13BrO3. The highest BCUT2D eigenvalue weighted by Crippen LogP contribution is 2.27. The van der Waals surface area contributed by atoms with Crippen molar-refractivity contribution in [3.8, 4) is 5.75 Å². The first-order valence-electron chi connectivity index (χ1n) is 4.45. The molecule has 0 N–H and O–H groups in total. The van der Waals surface area contributed by atoms with E-state index >= 15 is 0 Å². The second-order valence-corrected chi connectivity index (χ2v) is 3.67. The summed E-state index contributed by atoms with van der Waals surface area (Å²) in [6.45, 7) is 1.90. The van der Waals surface area contributed by atoms with Crippen LogP contribution >= 0.6 is 15.9 Å². The quantitative estimate of drug-likeness (QED) is 0.627. The molecule has 0 aromatic heterocycles. The van der Waals surface area contributed by atoms with Crippen LogP contribution < -0.4 is 4.74 Å². The van der Waals surface area contributed by atoms with Gasteiger partial charge in [0.25, 0.3) is 0 Å². The number of hydrogen-bond donors (Lipinski definition) is 0. The number of hydrogen-bond acceptors (Lipinski definition) is 3. The van der Waals surface area contributed by atoms with Gasteiger partial charge in [-0.25, -0.2) is 4.79 Å². The molecule has 0 bridgehead atoms. The lowest BCUT2D eigenvalue weighted by Gasteiger charge is -2.11. The van der Waals surface area contributed by atoms with Gasteiger partial charge in [-0.2, -0.15) is 0 Å². The summed E-state index contributed by atoms with van der Waals surface area (Å²) in [5.74, 6) is 0.475. The van der Waals surface area contributed by atoms with Crippen molar-refractivity contribution in [2.24, 2.45) is 0 Å². The number of esters is 1. The molecule has 1 aromatic rings. The smallest absolute Gasteiger partial charge is 0.337 e. The highest BCUT2D eigenvalue weighted by Gasteiger charge is 2.12. The van der Waals surface area contributed by atoms with Crippen molar-refractivity contribution in [3.05, 3.63) is 28.8 Å². The lowest BCUT2D eigenvalue weighted by atomic mass is 10.1. The largest absolute Gasteiger partial charge is 0.496 e. The van der Waals surface area contributed by atoms with Crippen LogP contribution in [0, 0.1) is 6.92 Å². The summed E-state index contributed by atoms with van der Waals surface area (Å²) < 4.78 is 9.92. The Morgan fingerprint density at radius 3 is 2.53 bits per heavy atom. The Bertz CT molecular complexity index is 374. The maximum Gasteiger partial charge on any atom is 0.337 e. The molecule has 0 aliphatic carbocycles. The molecule has 0 spiro atoms. The molecular weight excluding hydrogens is 260 g/mol. The summed E-state index contributed by atoms with van der Waals surface area (Å²) in [4.78, 5) is 11.4. The van der Waals surface area contributed by atoms with Gasteiger partial charge in [0.05, 0.1) is 19.8 Å². The van der Waals surface area contributed by atoms with E-state index in [0.717, 1.165) is 16.9 Å². The molecule has 0 saturated carbocycles. The number of carbonyl (C=O) groups is 1. The third-order valence-corrected chi connectivity index (χ3v) is 2.72. The molecule has 15 heavy (non-hydrogen) atoms. The Labute approximate surface area is 97.5 Å². The van der Waals surface area contributed by atoms with Crippen LogP contribution in [0.25, 0.3) is 0 Å². The minimum atomic E-state index is -0.331. The minimum Gasteiger partial charge on any atom is -0.496 e. The fourth-order valence-corrected chi connectivity index (χ4v) is 1.89. The number of halogens is 1. The third-order valence-electron chi connectivity index (χ3n) is 2.12. The second kappa shape index (κ2) is 5.16. The molecule has 3 nitrogen and oxygen atoms in total. The summed E-state index contributed by atoms with van der Waals surface area (Å²) in [6.07, 6.45) is 0. The third kappa shape index (κ3) is 2.50.